The number of anilines is 1. The SMILES string of the molecule is CNC(=O)Nc1ccc2c(c1)CCC21OC(=O)N(CC(=O)N2C(C(C)(C)C)OC[C@@H]2c2ccccc2)C1=O. The van der Waals surface area contributed by atoms with Crippen molar-refractivity contribution in [1.82, 2.24) is 15.1 Å². The second kappa shape index (κ2) is 9.43. The first-order chi connectivity index (χ1) is 18.0. The summed E-state index contributed by atoms with van der Waals surface area (Å²) in [5.41, 5.74) is 1.01. The summed E-state index contributed by atoms with van der Waals surface area (Å²) in [6.45, 7) is 5.83. The van der Waals surface area contributed by atoms with Crippen LogP contribution in [0.2, 0.25) is 0 Å². The minimum Gasteiger partial charge on any atom is -0.427 e. The van der Waals surface area contributed by atoms with E-state index in [1.165, 1.54) is 7.05 Å². The number of imide groups is 1. The third kappa shape index (κ3) is 4.28. The van der Waals surface area contributed by atoms with Crippen LogP contribution < -0.4 is 10.6 Å². The van der Waals surface area contributed by atoms with E-state index in [2.05, 4.69) is 10.6 Å². The van der Waals surface area contributed by atoms with Gasteiger partial charge in [0.1, 0.15) is 12.8 Å². The van der Waals surface area contributed by atoms with E-state index in [-0.39, 0.29) is 29.8 Å². The van der Waals surface area contributed by atoms with Gasteiger partial charge in [-0.15, -0.1) is 0 Å². The minimum atomic E-state index is -1.47. The van der Waals surface area contributed by atoms with Crippen molar-refractivity contribution in [1.29, 1.82) is 0 Å². The number of aryl methyl sites for hydroxylation is 1. The lowest BCUT2D eigenvalue weighted by molar-refractivity contribution is -0.148. The molecule has 1 spiro atoms. The van der Waals surface area contributed by atoms with Crippen molar-refractivity contribution < 1.29 is 28.7 Å². The molecule has 2 aromatic carbocycles. The number of hydrogen-bond donors (Lipinski definition) is 2. The standard InChI is InChI=1S/C28H32N4O6/c1-27(2,3)24-32(21(16-37-24)17-8-6-5-7-9-17)22(33)15-31-23(34)28(38-26(31)36)13-12-18-14-19(10-11-20(18)28)30-25(35)29-4/h5-11,14,21,24H,12-13,15-16H2,1-4H3,(H2,29,30,35)/t21-,24?,28?/m1/s1. The van der Waals surface area contributed by atoms with Crippen molar-refractivity contribution in [2.75, 3.05) is 25.5 Å². The van der Waals surface area contributed by atoms with E-state index in [0.717, 1.165) is 16.0 Å². The van der Waals surface area contributed by atoms with Gasteiger partial charge in [0, 0.05) is 30.1 Å². The van der Waals surface area contributed by atoms with Gasteiger partial charge in [0.2, 0.25) is 11.5 Å². The lowest BCUT2D eigenvalue weighted by atomic mass is 9.92. The lowest BCUT2D eigenvalue weighted by Crippen LogP contribution is -2.50. The molecule has 0 radical (unpaired) electrons. The van der Waals surface area contributed by atoms with Crippen molar-refractivity contribution in [3.05, 3.63) is 65.2 Å². The Morgan fingerprint density at radius 1 is 1.11 bits per heavy atom. The van der Waals surface area contributed by atoms with Crippen LogP contribution in [0.1, 0.15) is 49.9 Å². The first-order valence-electron chi connectivity index (χ1n) is 12.7. The van der Waals surface area contributed by atoms with Gasteiger partial charge in [-0.05, 0) is 29.7 Å². The van der Waals surface area contributed by atoms with Crippen LogP contribution in [0.4, 0.5) is 15.3 Å². The molecule has 0 aromatic heterocycles. The predicted octanol–water partition coefficient (Wildman–Crippen LogP) is 3.53. The highest BCUT2D eigenvalue weighted by Crippen LogP contribution is 2.46. The van der Waals surface area contributed by atoms with Crippen molar-refractivity contribution in [3.63, 3.8) is 0 Å². The molecule has 0 saturated carbocycles. The third-order valence-electron chi connectivity index (χ3n) is 7.35. The summed E-state index contributed by atoms with van der Waals surface area (Å²) in [7, 11) is 1.52. The molecular weight excluding hydrogens is 488 g/mol. The molecule has 2 aliphatic heterocycles. The zero-order chi connectivity index (χ0) is 27.2. The van der Waals surface area contributed by atoms with E-state index in [1.807, 2.05) is 51.1 Å². The largest absolute Gasteiger partial charge is 0.427 e. The minimum absolute atomic E-state index is 0.269. The number of benzene rings is 2. The number of fused-ring (bicyclic) bond motifs is 2. The Kier molecular flexibility index (Phi) is 6.38. The first-order valence-corrected chi connectivity index (χ1v) is 12.7. The molecule has 200 valence electrons. The number of nitrogens with zero attached hydrogens (tertiary/aromatic N) is 2. The van der Waals surface area contributed by atoms with Gasteiger partial charge in [0.15, 0.2) is 0 Å². The van der Waals surface area contributed by atoms with Crippen molar-refractivity contribution in [3.8, 4) is 0 Å². The highest BCUT2D eigenvalue weighted by Gasteiger charge is 2.59. The monoisotopic (exact) mass is 520 g/mol. The second-order valence-corrected chi connectivity index (χ2v) is 10.9. The number of carbonyl (C=O) groups excluding carboxylic acids is 4. The van der Waals surface area contributed by atoms with Crippen LogP contribution in [-0.4, -0.2) is 60.2 Å². The normalized spacial score (nSPS) is 24.5. The highest BCUT2D eigenvalue weighted by atomic mass is 16.6. The van der Waals surface area contributed by atoms with Crippen LogP contribution in [-0.2, 0) is 31.1 Å². The zero-order valence-corrected chi connectivity index (χ0v) is 21.9. The number of nitrogens with one attached hydrogen (secondary N) is 2. The van der Waals surface area contributed by atoms with Crippen LogP contribution in [0, 0.1) is 5.41 Å². The van der Waals surface area contributed by atoms with E-state index in [9.17, 15) is 19.2 Å². The smallest absolute Gasteiger partial charge is 0.418 e. The summed E-state index contributed by atoms with van der Waals surface area (Å²) in [6.07, 6.45) is -0.610. The quantitative estimate of drug-likeness (QED) is 0.637. The first kappa shape index (κ1) is 25.7. The Bertz CT molecular complexity index is 1290. The molecule has 38 heavy (non-hydrogen) atoms. The Morgan fingerprint density at radius 3 is 2.53 bits per heavy atom. The van der Waals surface area contributed by atoms with Crippen LogP contribution in [0.3, 0.4) is 0 Å². The molecule has 2 fully saturated rings. The second-order valence-electron chi connectivity index (χ2n) is 10.9. The van der Waals surface area contributed by atoms with Crippen LogP contribution >= 0.6 is 0 Å². The van der Waals surface area contributed by atoms with Crippen molar-refractivity contribution in [2.45, 2.75) is 51.5 Å². The maximum atomic E-state index is 13.8. The van der Waals surface area contributed by atoms with Gasteiger partial charge in [-0.1, -0.05) is 57.2 Å². The molecule has 10 heteroatoms. The van der Waals surface area contributed by atoms with Crippen molar-refractivity contribution in [2.24, 2.45) is 5.41 Å². The van der Waals surface area contributed by atoms with Gasteiger partial charge in [-0.2, -0.15) is 0 Å². The number of hydrogen-bond acceptors (Lipinski definition) is 6. The third-order valence-corrected chi connectivity index (χ3v) is 7.35. The van der Waals surface area contributed by atoms with Gasteiger partial charge in [0.25, 0.3) is 5.91 Å². The van der Waals surface area contributed by atoms with Gasteiger partial charge in [-0.3, -0.25) is 9.59 Å². The topological polar surface area (TPSA) is 117 Å². The Labute approximate surface area is 221 Å². The number of amides is 5. The summed E-state index contributed by atoms with van der Waals surface area (Å²) < 4.78 is 11.8. The fraction of sp³-hybridized carbons (Fsp3) is 0.429. The van der Waals surface area contributed by atoms with Gasteiger partial charge in [0.05, 0.1) is 12.6 Å². The maximum Gasteiger partial charge on any atom is 0.418 e. The number of carbonyl (C=O) groups is 4. The van der Waals surface area contributed by atoms with Gasteiger partial charge < -0.3 is 25.0 Å². The predicted molar refractivity (Wildman–Crippen MR) is 138 cm³/mol. The molecule has 2 aromatic rings. The molecule has 5 rings (SSSR count). The molecule has 2 heterocycles. The highest BCUT2D eigenvalue weighted by molar-refractivity contribution is 6.06. The fourth-order valence-electron chi connectivity index (χ4n) is 5.55. The molecule has 10 nitrogen and oxygen atoms in total. The van der Waals surface area contributed by atoms with E-state index < -0.39 is 30.4 Å². The molecular formula is C28H32N4O6. The Morgan fingerprint density at radius 2 is 1.84 bits per heavy atom. The zero-order valence-electron chi connectivity index (χ0n) is 21.9. The number of rotatable bonds is 4. The molecule has 5 amide bonds. The summed E-state index contributed by atoms with van der Waals surface area (Å²) in [5, 5.41) is 5.20. The average Bonchev–Trinajstić information content (AvgIpc) is 3.56. The van der Waals surface area contributed by atoms with E-state index in [4.69, 9.17) is 9.47 Å². The van der Waals surface area contributed by atoms with Gasteiger partial charge in [-0.25, -0.2) is 14.5 Å². The molecule has 2 unspecified atom stereocenters. The lowest BCUT2D eigenvalue weighted by Gasteiger charge is -2.36. The Balaban J connectivity index is 1.39. The summed E-state index contributed by atoms with van der Waals surface area (Å²) in [4.78, 5) is 54.7. The van der Waals surface area contributed by atoms with E-state index in [0.29, 0.717) is 24.3 Å². The van der Waals surface area contributed by atoms with E-state index in [1.54, 1.807) is 23.1 Å². The molecule has 1 aliphatic carbocycles. The number of urea groups is 1. The Hall–Kier alpha value is -3.92. The van der Waals surface area contributed by atoms with E-state index >= 15 is 0 Å². The summed E-state index contributed by atoms with van der Waals surface area (Å²) >= 11 is 0. The molecule has 2 N–H and O–H groups in total. The van der Waals surface area contributed by atoms with Crippen LogP contribution in [0.5, 0.6) is 0 Å². The molecule has 3 aliphatic rings. The van der Waals surface area contributed by atoms with Crippen LogP contribution in [0.15, 0.2) is 48.5 Å². The number of ether oxygens (including phenoxy) is 2. The molecule has 3 atom stereocenters. The van der Waals surface area contributed by atoms with Crippen LogP contribution in [0.25, 0.3) is 0 Å². The van der Waals surface area contributed by atoms with Crippen molar-refractivity contribution >= 4 is 29.6 Å². The summed E-state index contributed by atoms with van der Waals surface area (Å²) in [5.74, 6) is -0.938. The van der Waals surface area contributed by atoms with Gasteiger partial charge >= 0.3 is 12.1 Å². The molecule has 0 bridgehead atoms. The average molecular weight is 521 g/mol. The maximum absolute atomic E-state index is 13.8. The fourth-order valence-corrected chi connectivity index (χ4v) is 5.55. The molecule has 2 saturated heterocycles. The summed E-state index contributed by atoms with van der Waals surface area (Å²) in [6, 6.07) is 14.0.